The van der Waals surface area contributed by atoms with E-state index in [9.17, 15) is 18.8 Å². The van der Waals surface area contributed by atoms with Crippen molar-refractivity contribution in [1.82, 2.24) is 9.13 Å². The first-order chi connectivity index (χ1) is 14.0. The number of aromatic nitrogens is 2. The third-order valence-corrected chi connectivity index (χ3v) is 5.40. The SMILES string of the molecule is O=C(Cn1c(=O)n(-c2ccccc2)c(=O)c2sccc21)Nc1ccc(Cl)cc1F. The summed E-state index contributed by atoms with van der Waals surface area (Å²) >= 11 is 6.90. The van der Waals surface area contributed by atoms with Crippen molar-refractivity contribution >= 4 is 44.7 Å². The summed E-state index contributed by atoms with van der Waals surface area (Å²) in [5, 5.41) is 4.30. The molecule has 0 saturated heterocycles. The number of nitrogens with zero attached hydrogens (tertiary/aromatic N) is 2. The normalized spacial score (nSPS) is 11.0. The molecule has 1 N–H and O–H groups in total. The van der Waals surface area contributed by atoms with Gasteiger partial charge in [0.25, 0.3) is 5.56 Å². The maximum atomic E-state index is 14.0. The predicted molar refractivity (Wildman–Crippen MR) is 112 cm³/mol. The van der Waals surface area contributed by atoms with E-state index < -0.39 is 23.0 Å². The number of carbonyl (C=O) groups excluding carboxylic acids is 1. The van der Waals surface area contributed by atoms with Gasteiger partial charge in [-0.2, -0.15) is 0 Å². The van der Waals surface area contributed by atoms with Crippen molar-refractivity contribution in [2.75, 3.05) is 5.32 Å². The molecule has 2 aromatic carbocycles. The van der Waals surface area contributed by atoms with E-state index in [1.54, 1.807) is 41.8 Å². The van der Waals surface area contributed by atoms with Crippen molar-refractivity contribution in [2.45, 2.75) is 6.54 Å². The fraction of sp³-hybridized carbons (Fsp3) is 0.0500. The molecule has 0 fully saturated rings. The van der Waals surface area contributed by atoms with Gasteiger partial charge in [0.1, 0.15) is 17.1 Å². The van der Waals surface area contributed by atoms with Crippen molar-refractivity contribution < 1.29 is 9.18 Å². The standard InChI is InChI=1S/C20H13ClFN3O3S/c21-12-6-7-15(14(22)10-12)23-17(26)11-24-16-8-9-29-18(16)19(27)25(20(24)28)13-4-2-1-3-5-13/h1-10H,11H2,(H,23,26). The highest BCUT2D eigenvalue weighted by molar-refractivity contribution is 7.17. The molecular formula is C20H13ClFN3O3S. The number of hydrogen-bond acceptors (Lipinski definition) is 4. The highest BCUT2D eigenvalue weighted by Crippen LogP contribution is 2.20. The van der Waals surface area contributed by atoms with Gasteiger partial charge in [-0.15, -0.1) is 11.3 Å². The maximum Gasteiger partial charge on any atom is 0.336 e. The van der Waals surface area contributed by atoms with Gasteiger partial charge in [-0.1, -0.05) is 29.8 Å². The van der Waals surface area contributed by atoms with E-state index in [4.69, 9.17) is 11.6 Å². The number of hydrogen-bond donors (Lipinski definition) is 1. The summed E-state index contributed by atoms with van der Waals surface area (Å²) in [6, 6.07) is 13.9. The van der Waals surface area contributed by atoms with Crippen LogP contribution in [0.25, 0.3) is 15.9 Å². The van der Waals surface area contributed by atoms with E-state index in [1.165, 1.54) is 28.0 Å². The van der Waals surface area contributed by atoms with Crippen LogP contribution in [-0.4, -0.2) is 15.0 Å². The molecule has 0 spiro atoms. The Morgan fingerprint density at radius 2 is 1.86 bits per heavy atom. The number of nitrogens with one attached hydrogen (secondary N) is 1. The molecule has 0 radical (unpaired) electrons. The second kappa shape index (κ2) is 7.65. The van der Waals surface area contributed by atoms with E-state index in [-0.39, 0.29) is 17.3 Å². The summed E-state index contributed by atoms with van der Waals surface area (Å²) in [5.74, 6) is -1.30. The Kier molecular flexibility index (Phi) is 5.04. The summed E-state index contributed by atoms with van der Waals surface area (Å²) in [7, 11) is 0. The number of benzene rings is 2. The van der Waals surface area contributed by atoms with Crippen LogP contribution in [0.3, 0.4) is 0 Å². The Balaban J connectivity index is 1.78. The maximum absolute atomic E-state index is 14.0. The van der Waals surface area contributed by atoms with E-state index >= 15 is 0 Å². The second-order valence-electron chi connectivity index (χ2n) is 6.15. The van der Waals surface area contributed by atoms with E-state index in [0.29, 0.717) is 15.9 Å². The third-order valence-electron chi connectivity index (χ3n) is 4.28. The number of halogens is 2. The van der Waals surface area contributed by atoms with Crippen LogP contribution in [-0.2, 0) is 11.3 Å². The summed E-state index contributed by atoms with van der Waals surface area (Å²) in [6.45, 7) is -0.388. The predicted octanol–water partition coefficient (Wildman–Crippen LogP) is 3.65. The Bertz CT molecular complexity index is 1340. The number of para-hydroxylation sites is 1. The zero-order valence-electron chi connectivity index (χ0n) is 14.8. The Hall–Kier alpha value is -3.23. The molecule has 0 atom stereocenters. The molecule has 9 heteroatoms. The van der Waals surface area contributed by atoms with Gasteiger partial charge < -0.3 is 5.32 Å². The smallest absolute Gasteiger partial charge is 0.322 e. The molecule has 1 amide bonds. The first kappa shape index (κ1) is 19.1. The van der Waals surface area contributed by atoms with Crippen molar-refractivity contribution in [1.29, 1.82) is 0 Å². The topological polar surface area (TPSA) is 73.1 Å². The molecule has 6 nitrogen and oxygen atoms in total. The van der Waals surface area contributed by atoms with Crippen molar-refractivity contribution in [3.63, 3.8) is 0 Å². The molecule has 2 aromatic heterocycles. The number of fused-ring (bicyclic) bond motifs is 1. The van der Waals surface area contributed by atoms with Crippen LogP contribution in [0.2, 0.25) is 5.02 Å². The average molecular weight is 430 g/mol. The van der Waals surface area contributed by atoms with Crippen LogP contribution in [0.4, 0.5) is 10.1 Å². The summed E-state index contributed by atoms with van der Waals surface area (Å²) in [6.07, 6.45) is 0. The second-order valence-corrected chi connectivity index (χ2v) is 7.50. The molecule has 0 unspecified atom stereocenters. The average Bonchev–Trinajstić information content (AvgIpc) is 3.18. The van der Waals surface area contributed by atoms with Crippen LogP contribution in [0.15, 0.2) is 69.6 Å². The number of amides is 1. The van der Waals surface area contributed by atoms with Gasteiger partial charge in [0.2, 0.25) is 5.91 Å². The molecule has 146 valence electrons. The lowest BCUT2D eigenvalue weighted by molar-refractivity contribution is -0.116. The lowest BCUT2D eigenvalue weighted by Crippen LogP contribution is -2.40. The van der Waals surface area contributed by atoms with E-state index in [0.717, 1.165) is 10.6 Å². The van der Waals surface area contributed by atoms with E-state index in [2.05, 4.69) is 5.32 Å². The quantitative estimate of drug-likeness (QED) is 0.538. The molecule has 0 bridgehead atoms. The Morgan fingerprint density at radius 3 is 2.59 bits per heavy atom. The highest BCUT2D eigenvalue weighted by Gasteiger charge is 2.18. The summed E-state index contributed by atoms with van der Waals surface area (Å²) in [5.41, 5.74) is -0.407. The highest BCUT2D eigenvalue weighted by atomic mass is 35.5. The molecular weight excluding hydrogens is 417 g/mol. The molecule has 4 aromatic rings. The Morgan fingerprint density at radius 1 is 1.10 bits per heavy atom. The minimum absolute atomic E-state index is 0.0506. The molecule has 0 aliphatic heterocycles. The molecule has 0 saturated carbocycles. The number of anilines is 1. The lowest BCUT2D eigenvalue weighted by Gasteiger charge is -2.12. The number of thiophene rings is 1. The molecule has 2 heterocycles. The molecule has 29 heavy (non-hydrogen) atoms. The summed E-state index contributed by atoms with van der Waals surface area (Å²) < 4.78 is 16.5. The van der Waals surface area contributed by atoms with Gasteiger partial charge in [0.05, 0.1) is 16.9 Å². The first-order valence-corrected chi connectivity index (χ1v) is 9.75. The third kappa shape index (κ3) is 3.59. The molecule has 0 aliphatic rings. The van der Waals surface area contributed by atoms with Gasteiger partial charge in [-0.05, 0) is 41.8 Å². The van der Waals surface area contributed by atoms with Crippen LogP contribution < -0.4 is 16.6 Å². The van der Waals surface area contributed by atoms with Gasteiger partial charge in [-0.25, -0.2) is 13.8 Å². The minimum Gasteiger partial charge on any atom is -0.322 e. The van der Waals surface area contributed by atoms with Gasteiger partial charge in [-0.3, -0.25) is 14.2 Å². The van der Waals surface area contributed by atoms with Crippen molar-refractivity contribution in [3.8, 4) is 5.69 Å². The molecule has 0 aliphatic carbocycles. The number of carbonyl (C=O) groups is 1. The lowest BCUT2D eigenvalue weighted by atomic mass is 10.3. The fourth-order valence-electron chi connectivity index (χ4n) is 2.97. The van der Waals surface area contributed by atoms with Crippen LogP contribution >= 0.6 is 22.9 Å². The van der Waals surface area contributed by atoms with Gasteiger partial charge in [0.15, 0.2) is 0 Å². The largest absolute Gasteiger partial charge is 0.336 e. The Labute approximate surface area is 172 Å². The van der Waals surface area contributed by atoms with E-state index in [1.807, 2.05) is 0 Å². The number of rotatable bonds is 4. The fourth-order valence-corrected chi connectivity index (χ4v) is 3.95. The van der Waals surface area contributed by atoms with Gasteiger partial charge in [0, 0.05) is 5.02 Å². The minimum atomic E-state index is -0.687. The van der Waals surface area contributed by atoms with Crippen molar-refractivity contribution in [3.05, 3.63) is 91.7 Å². The van der Waals surface area contributed by atoms with Crippen LogP contribution in [0.5, 0.6) is 0 Å². The zero-order valence-corrected chi connectivity index (χ0v) is 16.3. The first-order valence-electron chi connectivity index (χ1n) is 8.49. The monoisotopic (exact) mass is 429 g/mol. The summed E-state index contributed by atoms with van der Waals surface area (Å²) in [4.78, 5) is 38.4. The van der Waals surface area contributed by atoms with Crippen molar-refractivity contribution in [2.24, 2.45) is 0 Å². The van der Waals surface area contributed by atoms with Crippen LogP contribution in [0, 0.1) is 5.82 Å². The zero-order chi connectivity index (χ0) is 20.5. The van der Waals surface area contributed by atoms with Crippen LogP contribution in [0.1, 0.15) is 0 Å². The van der Waals surface area contributed by atoms with Gasteiger partial charge >= 0.3 is 5.69 Å². The molecule has 4 rings (SSSR count).